The first-order valence-electron chi connectivity index (χ1n) is 12.5. The van der Waals surface area contributed by atoms with Gasteiger partial charge in [-0.3, -0.25) is 9.59 Å². The van der Waals surface area contributed by atoms with E-state index in [9.17, 15) is 19.8 Å². The smallest absolute Gasteiger partial charge is 0.247 e. The van der Waals surface area contributed by atoms with Crippen LogP contribution in [0.4, 0.5) is 0 Å². The van der Waals surface area contributed by atoms with Gasteiger partial charge in [0, 0.05) is 32.2 Å². The number of rotatable bonds is 13. The van der Waals surface area contributed by atoms with Crippen molar-refractivity contribution < 1.29 is 34.0 Å². The van der Waals surface area contributed by atoms with Crippen molar-refractivity contribution >= 4 is 34.4 Å². The summed E-state index contributed by atoms with van der Waals surface area (Å²) in [7, 11) is 3.13. The normalized spacial score (nSPS) is 18.9. The number of carbonyl (C=O) groups is 2. The summed E-state index contributed by atoms with van der Waals surface area (Å²) >= 11 is 2.15. The van der Waals surface area contributed by atoms with Crippen LogP contribution in [0.3, 0.4) is 0 Å². The average molecular weight is 638 g/mol. The number of para-hydroxylation sites is 1. The Balaban J connectivity index is 1.92. The van der Waals surface area contributed by atoms with Crippen LogP contribution in [0.25, 0.3) is 0 Å². The van der Waals surface area contributed by atoms with Gasteiger partial charge >= 0.3 is 0 Å². The Labute approximate surface area is 236 Å². The molecule has 0 spiro atoms. The molecule has 2 amide bonds. The summed E-state index contributed by atoms with van der Waals surface area (Å²) in [5, 5.41) is 23.3. The first-order valence-corrected chi connectivity index (χ1v) is 13.6. The van der Waals surface area contributed by atoms with Crippen molar-refractivity contribution in [1.29, 1.82) is 0 Å². The second kappa shape index (κ2) is 15.1. The molecule has 0 aliphatic heterocycles. The minimum atomic E-state index is -1.09. The van der Waals surface area contributed by atoms with Crippen molar-refractivity contribution in [3.8, 4) is 11.5 Å². The van der Waals surface area contributed by atoms with Crippen LogP contribution in [0.1, 0.15) is 18.4 Å². The molecule has 0 saturated carbocycles. The van der Waals surface area contributed by atoms with Crippen molar-refractivity contribution in [3.05, 3.63) is 69.3 Å². The molecule has 0 unspecified atom stereocenters. The molecule has 10 heteroatoms. The van der Waals surface area contributed by atoms with Gasteiger partial charge in [0.15, 0.2) is 0 Å². The van der Waals surface area contributed by atoms with Crippen molar-refractivity contribution in [2.75, 3.05) is 40.5 Å². The maximum atomic E-state index is 13.4. The zero-order chi connectivity index (χ0) is 27.5. The number of halogens is 1. The Morgan fingerprint density at radius 2 is 1.95 bits per heavy atom. The zero-order valence-electron chi connectivity index (χ0n) is 21.6. The summed E-state index contributed by atoms with van der Waals surface area (Å²) in [4.78, 5) is 27.9. The van der Waals surface area contributed by atoms with E-state index in [1.54, 1.807) is 24.2 Å². The van der Waals surface area contributed by atoms with E-state index in [0.717, 1.165) is 9.13 Å². The van der Waals surface area contributed by atoms with Crippen molar-refractivity contribution in [1.82, 2.24) is 10.2 Å². The van der Waals surface area contributed by atoms with Gasteiger partial charge in [-0.05, 0) is 64.9 Å². The largest absolute Gasteiger partial charge is 0.497 e. The minimum absolute atomic E-state index is 0.0951. The summed E-state index contributed by atoms with van der Waals surface area (Å²) < 4.78 is 17.5. The van der Waals surface area contributed by atoms with Crippen LogP contribution in [-0.4, -0.2) is 85.7 Å². The second-order valence-corrected chi connectivity index (χ2v) is 10.0. The third-order valence-electron chi connectivity index (χ3n) is 6.33. The van der Waals surface area contributed by atoms with E-state index in [4.69, 9.17) is 14.2 Å². The van der Waals surface area contributed by atoms with Crippen LogP contribution < -0.4 is 14.8 Å². The maximum absolute atomic E-state index is 13.4. The van der Waals surface area contributed by atoms with Gasteiger partial charge < -0.3 is 34.6 Å². The van der Waals surface area contributed by atoms with Crippen LogP contribution in [0, 0.1) is 3.57 Å². The van der Waals surface area contributed by atoms with Gasteiger partial charge in [-0.15, -0.1) is 0 Å². The van der Waals surface area contributed by atoms with E-state index in [1.807, 2.05) is 42.5 Å². The van der Waals surface area contributed by atoms with Gasteiger partial charge in [-0.25, -0.2) is 0 Å². The molecule has 3 rings (SSSR count). The lowest BCUT2D eigenvalue weighted by molar-refractivity contribution is -0.139. The summed E-state index contributed by atoms with van der Waals surface area (Å²) in [6.45, 7) is 0.449. The van der Waals surface area contributed by atoms with Gasteiger partial charge in [-0.1, -0.05) is 24.3 Å². The van der Waals surface area contributed by atoms with E-state index in [-0.39, 0.29) is 44.4 Å². The molecule has 0 fully saturated rings. The highest BCUT2D eigenvalue weighted by molar-refractivity contribution is 14.1. The Kier molecular flexibility index (Phi) is 11.8. The standard InChI is InChI=1S/C28H35IN2O7/c1-36-15-11-26(33)31(13-10-19-6-5-7-21(16-19)37-2)23-17-20(28(35)30-12-14-32)18-25(27(23)34)38-24-9-4-3-8-22(24)29/h3-9,16,18,23,25,27,32,34H,10-15,17H2,1-2H3,(H,30,35)/t23-,25+,27+/m1/s1. The molecule has 2 aromatic carbocycles. The first-order chi connectivity index (χ1) is 18.4. The number of aliphatic hydroxyl groups excluding tert-OH is 2. The fourth-order valence-electron chi connectivity index (χ4n) is 4.35. The van der Waals surface area contributed by atoms with Gasteiger partial charge in [0.25, 0.3) is 0 Å². The van der Waals surface area contributed by atoms with Crippen molar-refractivity contribution in [2.24, 2.45) is 0 Å². The molecule has 0 bridgehead atoms. The van der Waals surface area contributed by atoms with E-state index >= 15 is 0 Å². The molecule has 3 atom stereocenters. The van der Waals surface area contributed by atoms with Crippen LogP contribution in [-0.2, 0) is 20.7 Å². The van der Waals surface area contributed by atoms with Gasteiger partial charge in [-0.2, -0.15) is 0 Å². The number of aliphatic hydroxyl groups is 2. The van der Waals surface area contributed by atoms with E-state index < -0.39 is 18.2 Å². The fourth-order valence-corrected chi connectivity index (χ4v) is 4.87. The topological polar surface area (TPSA) is 118 Å². The molecule has 206 valence electrons. The van der Waals surface area contributed by atoms with Crippen LogP contribution in [0.15, 0.2) is 60.2 Å². The van der Waals surface area contributed by atoms with Gasteiger partial charge in [0.1, 0.15) is 23.7 Å². The maximum Gasteiger partial charge on any atom is 0.247 e. The number of nitrogens with one attached hydrogen (secondary N) is 1. The monoisotopic (exact) mass is 638 g/mol. The number of hydrogen-bond donors (Lipinski definition) is 3. The summed E-state index contributed by atoms with van der Waals surface area (Å²) in [6.07, 6.45) is 0.455. The Bertz CT molecular complexity index is 1110. The summed E-state index contributed by atoms with van der Waals surface area (Å²) in [5.74, 6) is 0.722. The van der Waals surface area contributed by atoms with Crippen LogP contribution in [0.5, 0.6) is 11.5 Å². The third-order valence-corrected chi connectivity index (χ3v) is 7.22. The molecule has 0 heterocycles. The number of amides is 2. The molecular weight excluding hydrogens is 603 g/mol. The molecule has 0 radical (unpaired) electrons. The lowest BCUT2D eigenvalue weighted by Gasteiger charge is -2.40. The molecule has 1 aliphatic rings. The quantitative estimate of drug-likeness (QED) is 0.289. The molecule has 3 N–H and O–H groups in total. The Hall–Kier alpha value is -2.67. The molecule has 0 aromatic heterocycles. The summed E-state index contributed by atoms with van der Waals surface area (Å²) in [6, 6.07) is 14.3. The second-order valence-electron chi connectivity index (χ2n) is 8.88. The number of benzene rings is 2. The molecule has 9 nitrogen and oxygen atoms in total. The highest BCUT2D eigenvalue weighted by atomic mass is 127. The predicted molar refractivity (Wildman–Crippen MR) is 151 cm³/mol. The van der Waals surface area contributed by atoms with Gasteiger partial charge in [0.05, 0.1) is 36.4 Å². The summed E-state index contributed by atoms with van der Waals surface area (Å²) in [5.41, 5.74) is 1.36. The molecule has 0 saturated heterocycles. The van der Waals surface area contributed by atoms with Crippen LogP contribution >= 0.6 is 22.6 Å². The fraction of sp³-hybridized carbons (Fsp3) is 0.429. The Morgan fingerprint density at radius 1 is 1.16 bits per heavy atom. The number of carbonyl (C=O) groups excluding carboxylic acids is 2. The van der Waals surface area contributed by atoms with E-state index in [1.165, 1.54) is 7.11 Å². The number of methoxy groups -OCH3 is 2. The first kappa shape index (κ1) is 29.9. The molecule has 1 aliphatic carbocycles. The third kappa shape index (κ3) is 8.16. The Morgan fingerprint density at radius 3 is 2.66 bits per heavy atom. The van der Waals surface area contributed by atoms with Crippen molar-refractivity contribution in [2.45, 2.75) is 37.5 Å². The predicted octanol–water partition coefficient (Wildman–Crippen LogP) is 2.32. The minimum Gasteiger partial charge on any atom is -0.497 e. The lowest BCUT2D eigenvalue weighted by atomic mass is 9.87. The van der Waals surface area contributed by atoms with Crippen LogP contribution in [0.2, 0.25) is 0 Å². The number of nitrogens with zero attached hydrogens (tertiary/aromatic N) is 1. The molecule has 2 aromatic rings. The van der Waals surface area contributed by atoms with Gasteiger partial charge in [0.2, 0.25) is 11.8 Å². The number of hydrogen-bond acceptors (Lipinski definition) is 7. The number of ether oxygens (including phenoxy) is 3. The average Bonchev–Trinajstić information content (AvgIpc) is 2.93. The zero-order valence-corrected chi connectivity index (χ0v) is 23.8. The van der Waals surface area contributed by atoms with Crippen molar-refractivity contribution in [3.63, 3.8) is 0 Å². The molecule has 38 heavy (non-hydrogen) atoms. The highest BCUT2D eigenvalue weighted by Crippen LogP contribution is 2.30. The van der Waals surface area contributed by atoms with E-state index in [2.05, 4.69) is 27.9 Å². The highest BCUT2D eigenvalue weighted by Gasteiger charge is 2.40. The SMILES string of the molecule is COCCC(=O)N(CCc1cccc(OC)c1)[C@@H]1CC(C(=O)NCCO)=C[C@H](Oc2ccccc2I)[C@H]1O. The van der Waals surface area contributed by atoms with E-state index in [0.29, 0.717) is 30.0 Å². The molecular formula is C28H35IN2O7. The lowest BCUT2D eigenvalue weighted by Crippen LogP contribution is -2.55.